The molecule has 21 heavy (non-hydrogen) atoms. The van der Waals surface area contributed by atoms with Crippen molar-refractivity contribution in [2.45, 2.75) is 18.6 Å². The first-order chi connectivity index (χ1) is 9.81. The Balaban J connectivity index is 2.12. The Hall–Kier alpha value is -2.18. The molecule has 1 heterocycles. The molecule has 112 valence electrons. The molecule has 0 spiro atoms. The third-order valence-corrected chi connectivity index (χ3v) is 2.99. The zero-order valence-corrected chi connectivity index (χ0v) is 10.9. The zero-order chi connectivity index (χ0) is 15.6. The van der Waals surface area contributed by atoms with Gasteiger partial charge in [0.2, 0.25) is 0 Å². The van der Waals surface area contributed by atoms with E-state index < -0.39 is 29.6 Å². The van der Waals surface area contributed by atoms with Crippen LogP contribution in [0.5, 0.6) is 0 Å². The van der Waals surface area contributed by atoms with Gasteiger partial charge >= 0.3 is 12.1 Å². The van der Waals surface area contributed by atoms with E-state index in [1.165, 1.54) is 12.1 Å². The molecule has 0 saturated heterocycles. The Bertz CT molecular complexity index is 620. The number of alkyl halides is 3. The molecule has 0 N–H and O–H groups in total. The number of aliphatic imine (C=N–C) groups is 1. The standard InChI is InChI=1S/C14H11F4NO2/c1-21-13(20)11-3-2-8(5-12(11)15)4-10-6-9(7-19-10)14(16,17)18/h2-3,5-7,10H,4H2,1H3. The van der Waals surface area contributed by atoms with E-state index >= 15 is 0 Å². The largest absolute Gasteiger partial charge is 0.465 e. The van der Waals surface area contributed by atoms with Gasteiger partial charge in [-0.3, -0.25) is 4.99 Å². The molecule has 7 heteroatoms. The second kappa shape index (κ2) is 5.67. The van der Waals surface area contributed by atoms with Gasteiger partial charge in [-0.05, 0) is 30.2 Å². The molecule has 0 radical (unpaired) electrons. The molecule has 0 amide bonds. The van der Waals surface area contributed by atoms with Crippen LogP contribution in [0.1, 0.15) is 15.9 Å². The number of benzene rings is 1. The highest BCUT2D eigenvalue weighted by Gasteiger charge is 2.35. The van der Waals surface area contributed by atoms with Gasteiger partial charge in [-0.2, -0.15) is 13.2 Å². The first kappa shape index (κ1) is 15.2. The Kier molecular flexibility index (Phi) is 4.11. The van der Waals surface area contributed by atoms with Crippen LogP contribution in [0.25, 0.3) is 0 Å². The van der Waals surface area contributed by atoms with E-state index in [1.807, 2.05) is 0 Å². The summed E-state index contributed by atoms with van der Waals surface area (Å²) in [5.41, 5.74) is -0.580. The van der Waals surface area contributed by atoms with Gasteiger partial charge in [-0.25, -0.2) is 9.18 Å². The van der Waals surface area contributed by atoms with Crippen LogP contribution in [0.3, 0.4) is 0 Å². The Morgan fingerprint density at radius 1 is 1.38 bits per heavy atom. The Morgan fingerprint density at radius 3 is 2.62 bits per heavy atom. The van der Waals surface area contributed by atoms with Crippen molar-refractivity contribution in [3.63, 3.8) is 0 Å². The topological polar surface area (TPSA) is 38.7 Å². The molecule has 1 aliphatic heterocycles. The minimum Gasteiger partial charge on any atom is -0.465 e. The lowest BCUT2D eigenvalue weighted by Gasteiger charge is -2.07. The molecule has 1 atom stereocenters. The van der Waals surface area contributed by atoms with Crippen LogP contribution in [0, 0.1) is 5.82 Å². The summed E-state index contributed by atoms with van der Waals surface area (Å²) in [6.07, 6.45) is -2.55. The van der Waals surface area contributed by atoms with Crippen molar-refractivity contribution in [3.05, 3.63) is 46.8 Å². The van der Waals surface area contributed by atoms with Crippen LogP contribution in [-0.4, -0.2) is 31.5 Å². The molecule has 3 nitrogen and oxygen atoms in total. The number of esters is 1. The fourth-order valence-corrected chi connectivity index (χ4v) is 1.95. The Morgan fingerprint density at radius 2 is 2.10 bits per heavy atom. The number of halogens is 4. The number of hydrogen-bond acceptors (Lipinski definition) is 3. The van der Waals surface area contributed by atoms with Crippen LogP contribution >= 0.6 is 0 Å². The smallest absolute Gasteiger partial charge is 0.417 e. The number of rotatable bonds is 3. The summed E-state index contributed by atoms with van der Waals surface area (Å²) >= 11 is 0. The minimum atomic E-state index is -4.43. The van der Waals surface area contributed by atoms with Crippen molar-refractivity contribution in [2.24, 2.45) is 4.99 Å². The maximum atomic E-state index is 13.7. The fraction of sp³-hybridized carbons (Fsp3) is 0.286. The number of nitrogens with zero attached hydrogens (tertiary/aromatic N) is 1. The Labute approximate surface area is 117 Å². The van der Waals surface area contributed by atoms with E-state index in [2.05, 4.69) is 9.73 Å². The van der Waals surface area contributed by atoms with Gasteiger partial charge in [-0.1, -0.05) is 6.07 Å². The van der Waals surface area contributed by atoms with E-state index in [0.717, 1.165) is 25.5 Å². The van der Waals surface area contributed by atoms with Gasteiger partial charge in [-0.15, -0.1) is 0 Å². The molecule has 0 aliphatic carbocycles. The van der Waals surface area contributed by atoms with Crippen molar-refractivity contribution in [3.8, 4) is 0 Å². The van der Waals surface area contributed by atoms with Crippen LogP contribution in [0.2, 0.25) is 0 Å². The van der Waals surface area contributed by atoms with Crippen LogP contribution < -0.4 is 0 Å². The van der Waals surface area contributed by atoms with E-state index in [4.69, 9.17) is 0 Å². The average Bonchev–Trinajstić information content (AvgIpc) is 2.86. The van der Waals surface area contributed by atoms with E-state index in [9.17, 15) is 22.4 Å². The SMILES string of the molecule is COC(=O)c1ccc(CC2C=C(C(F)(F)F)C=N2)cc1F. The van der Waals surface area contributed by atoms with Crippen LogP contribution in [0.4, 0.5) is 17.6 Å². The molecule has 1 aromatic rings. The number of ether oxygens (including phenoxy) is 1. The molecule has 1 aromatic carbocycles. The molecular weight excluding hydrogens is 290 g/mol. The second-order valence-corrected chi connectivity index (χ2v) is 4.48. The first-order valence-electron chi connectivity index (χ1n) is 6.00. The van der Waals surface area contributed by atoms with Crippen molar-refractivity contribution < 1.29 is 27.1 Å². The fourth-order valence-electron chi connectivity index (χ4n) is 1.95. The molecule has 0 saturated carbocycles. The number of methoxy groups -OCH3 is 1. The molecule has 2 rings (SSSR count). The molecular formula is C14H11F4NO2. The molecule has 1 aliphatic rings. The van der Waals surface area contributed by atoms with Crippen LogP contribution in [-0.2, 0) is 11.2 Å². The van der Waals surface area contributed by atoms with E-state index in [1.54, 1.807) is 0 Å². The summed E-state index contributed by atoms with van der Waals surface area (Å²) in [5, 5.41) is 0. The summed E-state index contributed by atoms with van der Waals surface area (Å²) in [6.45, 7) is 0. The van der Waals surface area contributed by atoms with Crippen molar-refractivity contribution in [1.29, 1.82) is 0 Å². The lowest BCUT2D eigenvalue weighted by Crippen LogP contribution is -2.12. The number of hydrogen-bond donors (Lipinski definition) is 0. The zero-order valence-electron chi connectivity index (χ0n) is 10.9. The number of allylic oxidation sites excluding steroid dienone is 1. The lowest BCUT2D eigenvalue weighted by molar-refractivity contribution is -0.0855. The van der Waals surface area contributed by atoms with Gasteiger partial charge in [0.05, 0.1) is 24.3 Å². The van der Waals surface area contributed by atoms with Gasteiger partial charge < -0.3 is 4.74 Å². The number of carbonyl (C=O) groups excluding carboxylic acids is 1. The summed E-state index contributed by atoms with van der Waals surface area (Å²) in [6, 6.07) is 3.11. The summed E-state index contributed by atoms with van der Waals surface area (Å²) < 4.78 is 55.4. The maximum absolute atomic E-state index is 13.7. The van der Waals surface area contributed by atoms with Gasteiger partial charge in [0, 0.05) is 6.21 Å². The summed E-state index contributed by atoms with van der Waals surface area (Å²) in [4.78, 5) is 15.0. The van der Waals surface area contributed by atoms with Crippen LogP contribution in [0.15, 0.2) is 34.8 Å². The predicted octanol–water partition coefficient (Wildman–Crippen LogP) is 3.10. The third-order valence-electron chi connectivity index (χ3n) is 2.99. The molecule has 1 unspecified atom stereocenters. The van der Waals surface area contributed by atoms with Crippen molar-refractivity contribution in [1.82, 2.24) is 0 Å². The first-order valence-corrected chi connectivity index (χ1v) is 6.00. The van der Waals surface area contributed by atoms with Crippen molar-refractivity contribution >= 4 is 12.2 Å². The summed E-state index contributed by atoms with van der Waals surface area (Å²) in [5.74, 6) is -1.58. The normalized spacial score (nSPS) is 17.8. The molecule has 0 bridgehead atoms. The quantitative estimate of drug-likeness (QED) is 0.635. The molecule has 0 aromatic heterocycles. The predicted molar refractivity (Wildman–Crippen MR) is 67.9 cm³/mol. The highest BCUT2D eigenvalue weighted by atomic mass is 19.4. The van der Waals surface area contributed by atoms with Gasteiger partial charge in [0.15, 0.2) is 0 Å². The second-order valence-electron chi connectivity index (χ2n) is 4.48. The lowest BCUT2D eigenvalue weighted by atomic mass is 10.0. The van der Waals surface area contributed by atoms with E-state index in [-0.39, 0.29) is 12.0 Å². The summed E-state index contributed by atoms with van der Waals surface area (Å²) in [7, 11) is 1.13. The number of carbonyl (C=O) groups is 1. The van der Waals surface area contributed by atoms with E-state index in [0.29, 0.717) is 5.56 Å². The average molecular weight is 301 g/mol. The highest BCUT2D eigenvalue weighted by molar-refractivity contribution is 5.89. The maximum Gasteiger partial charge on any atom is 0.417 e. The van der Waals surface area contributed by atoms with Gasteiger partial charge in [0.1, 0.15) is 5.82 Å². The van der Waals surface area contributed by atoms with Crippen molar-refractivity contribution in [2.75, 3.05) is 7.11 Å². The van der Waals surface area contributed by atoms with Gasteiger partial charge in [0.25, 0.3) is 0 Å². The minimum absolute atomic E-state index is 0.119. The molecule has 0 fully saturated rings. The third kappa shape index (κ3) is 3.48. The monoisotopic (exact) mass is 301 g/mol. The highest BCUT2D eigenvalue weighted by Crippen LogP contribution is 2.28.